The largest absolute Gasteiger partial charge is 0.506 e. The Labute approximate surface area is 52.5 Å². The molecule has 2 heteroatoms. The van der Waals surface area contributed by atoms with Crippen LogP contribution in [-0.4, -0.2) is 5.11 Å². The molecule has 0 atom stereocenters. The Morgan fingerprint density at radius 2 is 2.00 bits per heavy atom. The number of halogens is 1. The van der Waals surface area contributed by atoms with Gasteiger partial charge >= 0.3 is 0 Å². The summed E-state index contributed by atoms with van der Waals surface area (Å²) in [5.41, 5.74) is 0. The summed E-state index contributed by atoms with van der Waals surface area (Å²) < 4.78 is 0. The highest BCUT2D eigenvalue weighted by atomic mass is 35.5. The van der Waals surface area contributed by atoms with E-state index in [1.54, 1.807) is 12.1 Å². The van der Waals surface area contributed by atoms with Crippen molar-refractivity contribution in [3.63, 3.8) is 0 Å². The Hall–Kier alpha value is -0.690. The van der Waals surface area contributed by atoms with Crippen LogP contribution in [0.25, 0.3) is 0 Å². The fourth-order valence-electron chi connectivity index (χ4n) is 0.367. The van der Waals surface area contributed by atoms with Gasteiger partial charge in [0.2, 0.25) is 0 Å². The van der Waals surface area contributed by atoms with Crippen LogP contribution in [0.5, 0.6) is 5.75 Å². The number of phenolic OH excluding ortho intramolecular Hbond substituents is 1. The lowest BCUT2D eigenvalue weighted by atomic mass is 10.3. The van der Waals surface area contributed by atoms with Crippen LogP contribution in [0, 0.1) is 12.1 Å². The van der Waals surface area contributed by atoms with E-state index < -0.39 is 0 Å². The summed E-state index contributed by atoms with van der Waals surface area (Å²) in [7, 11) is 0. The maximum Gasteiger partial charge on any atom is 0.142 e. The lowest BCUT2D eigenvalue weighted by Gasteiger charge is -1.88. The van der Waals surface area contributed by atoms with Crippen LogP contribution in [-0.2, 0) is 0 Å². The highest BCUT2D eigenvalue weighted by Crippen LogP contribution is 2.18. The number of hydrogen-bond donors (Lipinski definition) is 1. The van der Waals surface area contributed by atoms with Gasteiger partial charge in [-0.05, 0) is 6.07 Å². The molecule has 0 saturated carbocycles. The third-order valence-electron chi connectivity index (χ3n) is 0.721. The number of benzene rings is 1. The molecule has 8 heavy (non-hydrogen) atoms. The molecule has 1 aromatic rings. The van der Waals surface area contributed by atoms with E-state index in [4.69, 9.17) is 16.7 Å². The fraction of sp³-hybridized carbons (Fsp3) is 0. The summed E-state index contributed by atoms with van der Waals surface area (Å²) >= 11 is 5.37. The highest BCUT2D eigenvalue weighted by Gasteiger charge is 1.91. The average Bonchev–Trinajstić information content (AvgIpc) is 1.77. The van der Waals surface area contributed by atoms with Crippen molar-refractivity contribution < 1.29 is 5.11 Å². The number of rotatable bonds is 0. The van der Waals surface area contributed by atoms with Crippen molar-refractivity contribution >= 4 is 11.6 Å². The molecule has 0 heterocycles. The summed E-state index contributed by atoms with van der Waals surface area (Å²) in [4.78, 5) is 0. The van der Waals surface area contributed by atoms with Crippen LogP contribution in [0.2, 0.25) is 5.02 Å². The Balaban J connectivity index is 3.13. The summed E-state index contributed by atoms with van der Waals surface area (Å²) in [5.74, 6) is -0.0471. The molecule has 1 aromatic carbocycles. The molecule has 40 valence electrons. The molecule has 1 nitrogen and oxygen atoms in total. The molecule has 0 unspecified atom stereocenters. The van der Waals surface area contributed by atoms with Gasteiger partial charge in [-0.3, -0.25) is 0 Å². The third-order valence-corrected chi connectivity index (χ3v) is 1.01. The van der Waals surface area contributed by atoms with Gasteiger partial charge in [-0.15, -0.1) is 0 Å². The standard InChI is InChI=1S/C6H3ClO/c7-5-3-1-2-4-6(5)8/h1-2,8H. The minimum atomic E-state index is -0.0471. The van der Waals surface area contributed by atoms with Gasteiger partial charge in [-0.1, -0.05) is 17.7 Å². The first-order valence-electron chi connectivity index (χ1n) is 2.07. The topological polar surface area (TPSA) is 20.2 Å². The van der Waals surface area contributed by atoms with Crippen LogP contribution in [0.15, 0.2) is 12.1 Å². The molecule has 0 bridgehead atoms. The van der Waals surface area contributed by atoms with Crippen LogP contribution in [0.1, 0.15) is 0 Å². The molecule has 0 aliphatic carbocycles. The zero-order valence-electron chi connectivity index (χ0n) is 3.98. The Morgan fingerprint density at radius 3 is 2.38 bits per heavy atom. The summed E-state index contributed by atoms with van der Waals surface area (Å²) in [6, 6.07) is 8.20. The second-order valence-electron chi connectivity index (χ2n) is 1.28. The molecule has 2 radical (unpaired) electrons. The number of phenols is 1. The highest BCUT2D eigenvalue weighted by molar-refractivity contribution is 6.31. The second-order valence-corrected chi connectivity index (χ2v) is 1.66. The average molecular weight is 127 g/mol. The maximum absolute atomic E-state index is 8.70. The molecular formula is C6H3ClO. The van der Waals surface area contributed by atoms with Gasteiger partial charge in [0, 0.05) is 12.1 Å². The van der Waals surface area contributed by atoms with Crippen molar-refractivity contribution in [2.45, 2.75) is 0 Å². The predicted octanol–water partition coefficient (Wildman–Crippen LogP) is 1.65. The Morgan fingerprint density at radius 1 is 1.38 bits per heavy atom. The van der Waals surface area contributed by atoms with Crippen LogP contribution >= 0.6 is 11.6 Å². The molecule has 0 saturated heterocycles. The maximum atomic E-state index is 8.70. The lowest BCUT2D eigenvalue weighted by Crippen LogP contribution is -1.64. The molecule has 0 amide bonds. The van der Waals surface area contributed by atoms with E-state index in [1.165, 1.54) is 0 Å². The summed E-state index contributed by atoms with van der Waals surface area (Å²) in [6.07, 6.45) is 0. The summed E-state index contributed by atoms with van der Waals surface area (Å²) in [6.45, 7) is 0. The van der Waals surface area contributed by atoms with Crippen molar-refractivity contribution in [2.24, 2.45) is 0 Å². The second kappa shape index (κ2) is 2.05. The van der Waals surface area contributed by atoms with Gasteiger partial charge in [-0.2, -0.15) is 0 Å². The monoisotopic (exact) mass is 126 g/mol. The molecule has 1 N–H and O–H groups in total. The van der Waals surface area contributed by atoms with Gasteiger partial charge in [0.05, 0.1) is 5.02 Å². The van der Waals surface area contributed by atoms with E-state index in [2.05, 4.69) is 12.1 Å². The van der Waals surface area contributed by atoms with E-state index in [9.17, 15) is 0 Å². The van der Waals surface area contributed by atoms with E-state index in [-0.39, 0.29) is 10.8 Å². The first-order chi connectivity index (χ1) is 3.80. The van der Waals surface area contributed by atoms with Crippen molar-refractivity contribution in [3.05, 3.63) is 29.3 Å². The molecular weight excluding hydrogens is 124 g/mol. The van der Waals surface area contributed by atoms with Gasteiger partial charge in [-0.25, -0.2) is 0 Å². The van der Waals surface area contributed by atoms with E-state index in [0.717, 1.165) is 0 Å². The fourth-order valence-corrected chi connectivity index (χ4v) is 0.485. The zero-order chi connectivity index (χ0) is 5.98. The predicted molar refractivity (Wildman–Crippen MR) is 30.8 cm³/mol. The van der Waals surface area contributed by atoms with Gasteiger partial charge in [0.1, 0.15) is 5.75 Å². The first-order valence-corrected chi connectivity index (χ1v) is 2.45. The Kier molecular flexibility index (Phi) is 1.40. The van der Waals surface area contributed by atoms with Crippen molar-refractivity contribution in [3.8, 4) is 5.75 Å². The molecule has 0 fully saturated rings. The van der Waals surface area contributed by atoms with E-state index >= 15 is 0 Å². The van der Waals surface area contributed by atoms with E-state index in [0.29, 0.717) is 0 Å². The van der Waals surface area contributed by atoms with Gasteiger partial charge in [0.25, 0.3) is 0 Å². The van der Waals surface area contributed by atoms with Crippen molar-refractivity contribution in [1.29, 1.82) is 0 Å². The van der Waals surface area contributed by atoms with Gasteiger partial charge in [0.15, 0.2) is 0 Å². The van der Waals surface area contributed by atoms with E-state index in [1.807, 2.05) is 0 Å². The van der Waals surface area contributed by atoms with Crippen LogP contribution < -0.4 is 0 Å². The SMILES string of the molecule is Oc1[c]cc[c]c1Cl. The van der Waals surface area contributed by atoms with Crippen molar-refractivity contribution in [1.82, 2.24) is 0 Å². The summed E-state index contributed by atoms with van der Waals surface area (Å²) in [5, 5.41) is 8.92. The smallest absolute Gasteiger partial charge is 0.142 e. The third kappa shape index (κ3) is 0.928. The van der Waals surface area contributed by atoms with Crippen molar-refractivity contribution in [2.75, 3.05) is 0 Å². The Bertz CT molecular complexity index is 165. The molecule has 0 aromatic heterocycles. The molecule has 0 aliphatic heterocycles. The molecule has 1 rings (SSSR count). The molecule has 0 aliphatic rings. The molecule has 0 spiro atoms. The van der Waals surface area contributed by atoms with Crippen LogP contribution in [0.3, 0.4) is 0 Å². The first kappa shape index (κ1) is 5.45. The minimum Gasteiger partial charge on any atom is -0.506 e. The quantitative estimate of drug-likeness (QED) is 0.561. The normalized spacial score (nSPS) is 9.12. The number of aromatic hydroxyl groups is 1. The minimum absolute atomic E-state index is 0.0471. The van der Waals surface area contributed by atoms with Gasteiger partial charge < -0.3 is 5.11 Å². The number of hydrogen-bond acceptors (Lipinski definition) is 1. The lowest BCUT2D eigenvalue weighted by molar-refractivity contribution is 0.474. The zero-order valence-corrected chi connectivity index (χ0v) is 4.74. The van der Waals surface area contributed by atoms with Crippen LogP contribution in [0.4, 0.5) is 0 Å².